The van der Waals surface area contributed by atoms with Crippen LogP contribution in [-0.4, -0.2) is 23.2 Å². The van der Waals surface area contributed by atoms with Crippen molar-refractivity contribution in [2.24, 2.45) is 0 Å². The van der Waals surface area contributed by atoms with E-state index >= 15 is 0 Å². The van der Waals surface area contributed by atoms with Crippen LogP contribution < -0.4 is 10.1 Å². The molecule has 0 aliphatic heterocycles. The summed E-state index contributed by atoms with van der Waals surface area (Å²) in [6.07, 6.45) is 3.26. The number of methoxy groups -OCH3 is 1. The Labute approximate surface area is 104 Å². The van der Waals surface area contributed by atoms with Gasteiger partial charge in [-0.3, -0.25) is 4.98 Å². The zero-order chi connectivity index (χ0) is 13.0. The van der Waals surface area contributed by atoms with Crippen molar-refractivity contribution in [3.05, 3.63) is 48.3 Å². The summed E-state index contributed by atoms with van der Waals surface area (Å²) in [5, 5.41) is 12.2. The number of carboxylic acids is 1. The van der Waals surface area contributed by atoms with Gasteiger partial charge in [0.15, 0.2) is 0 Å². The Morgan fingerprint density at radius 1 is 1.28 bits per heavy atom. The number of nitrogens with one attached hydrogen (secondary N) is 1. The Balaban J connectivity index is 2.35. The Bertz CT molecular complexity index is 555. The molecule has 0 amide bonds. The first-order valence-corrected chi connectivity index (χ1v) is 5.29. The summed E-state index contributed by atoms with van der Waals surface area (Å²) in [7, 11) is 1.50. The Morgan fingerprint density at radius 3 is 2.61 bits per heavy atom. The van der Waals surface area contributed by atoms with Gasteiger partial charge in [0.2, 0.25) is 0 Å². The second-order valence-corrected chi connectivity index (χ2v) is 3.58. The summed E-state index contributed by atoms with van der Waals surface area (Å²) in [5.41, 5.74) is 1.44. The van der Waals surface area contributed by atoms with Crippen molar-refractivity contribution in [1.29, 1.82) is 0 Å². The van der Waals surface area contributed by atoms with Crippen LogP contribution in [0.5, 0.6) is 5.75 Å². The number of pyridine rings is 1. The minimum Gasteiger partial charge on any atom is -0.497 e. The fraction of sp³-hybridized carbons (Fsp3) is 0.0769. The molecule has 0 fully saturated rings. The van der Waals surface area contributed by atoms with Crippen molar-refractivity contribution in [2.75, 3.05) is 12.4 Å². The third-order valence-electron chi connectivity index (χ3n) is 2.42. The Kier molecular flexibility index (Phi) is 3.43. The number of hydrogen-bond acceptors (Lipinski definition) is 4. The standard InChI is InChI=1S/C13H12N2O3/c1-18-10-2-3-12(11(8-10)13(16)17)15-9-4-6-14-7-5-9/h2-8H,1H3,(H,14,15)(H,16,17). The van der Waals surface area contributed by atoms with Gasteiger partial charge in [-0.2, -0.15) is 0 Å². The van der Waals surface area contributed by atoms with E-state index in [-0.39, 0.29) is 5.56 Å². The predicted octanol–water partition coefficient (Wildman–Crippen LogP) is 2.53. The number of aromatic carboxylic acids is 1. The van der Waals surface area contributed by atoms with Gasteiger partial charge in [0, 0.05) is 18.1 Å². The first-order chi connectivity index (χ1) is 8.70. The quantitative estimate of drug-likeness (QED) is 0.864. The molecule has 0 atom stereocenters. The summed E-state index contributed by atoms with van der Waals surface area (Å²) in [4.78, 5) is 15.1. The number of carbonyl (C=O) groups is 1. The SMILES string of the molecule is COc1ccc(Nc2ccncc2)c(C(=O)O)c1. The van der Waals surface area contributed by atoms with E-state index in [0.29, 0.717) is 11.4 Å². The van der Waals surface area contributed by atoms with Gasteiger partial charge in [0.05, 0.1) is 18.4 Å². The van der Waals surface area contributed by atoms with Crippen molar-refractivity contribution < 1.29 is 14.6 Å². The van der Waals surface area contributed by atoms with Gasteiger partial charge in [-0.25, -0.2) is 4.79 Å². The molecule has 0 saturated carbocycles. The molecule has 0 radical (unpaired) electrons. The first-order valence-electron chi connectivity index (χ1n) is 5.29. The van der Waals surface area contributed by atoms with E-state index in [4.69, 9.17) is 9.84 Å². The van der Waals surface area contributed by atoms with Crippen LogP contribution in [0.3, 0.4) is 0 Å². The van der Waals surface area contributed by atoms with Gasteiger partial charge in [-0.1, -0.05) is 0 Å². The van der Waals surface area contributed by atoms with Gasteiger partial charge in [0.1, 0.15) is 5.75 Å². The lowest BCUT2D eigenvalue weighted by atomic mass is 10.1. The van der Waals surface area contributed by atoms with E-state index in [2.05, 4.69) is 10.3 Å². The molecule has 5 nitrogen and oxygen atoms in total. The molecule has 0 unspecified atom stereocenters. The van der Waals surface area contributed by atoms with Crippen molar-refractivity contribution in [1.82, 2.24) is 4.98 Å². The molecular formula is C13H12N2O3. The predicted molar refractivity (Wildman–Crippen MR) is 67.5 cm³/mol. The highest BCUT2D eigenvalue weighted by Gasteiger charge is 2.11. The average molecular weight is 244 g/mol. The molecule has 0 spiro atoms. The first kappa shape index (κ1) is 11.9. The molecule has 2 N–H and O–H groups in total. The molecule has 2 aromatic rings. The third-order valence-corrected chi connectivity index (χ3v) is 2.42. The van der Waals surface area contributed by atoms with Crippen molar-refractivity contribution in [2.45, 2.75) is 0 Å². The number of nitrogens with zero attached hydrogens (tertiary/aromatic N) is 1. The topological polar surface area (TPSA) is 71.5 Å². The summed E-state index contributed by atoms with van der Waals surface area (Å²) < 4.78 is 5.01. The molecule has 1 aromatic carbocycles. The Hall–Kier alpha value is -2.56. The molecule has 0 bridgehead atoms. The highest BCUT2D eigenvalue weighted by atomic mass is 16.5. The molecular weight excluding hydrogens is 232 g/mol. The number of benzene rings is 1. The average Bonchev–Trinajstić information content (AvgIpc) is 2.40. The van der Waals surface area contributed by atoms with E-state index < -0.39 is 5.97 Å². The minimum atomic E-state index is -1.01. The molecule has 0 aliphatic carbocycles. The van der Waals surface area contributed by atoms with Crippen LogP contribution in [-0.2, 0) is 0 Å². The fourth-order valence-corrected chi connectivity index (χ4v) is 1.53. The van der Waals surface area contributed by atoms with E-state index in [1.54, 1.807) is 36.7 Å². The molecule has 5 heteroatoms. The van der Waals surface area contributed by atoms with Gasteiger partial charge in [-0.15, -0.1) is 0 Å². The summed E-state index contributed by atoms with van der Waals surface area (Å²) in [6.45, 7) is 0. The number of rotatable bonds is 4. The minimum absolute atomic E-state index is 0.158. The van der Waals surface area contributed by atoms with Crippen molar-refractivity contribution >= 4 is 17.3 Å². The highest BCUT2D eigenvalue weighted by Crippen LogP contribution is 2.25. The van der Waals surface area contributed by atoms with E-state index in [1.165, 1.54) is 13.2 Å². The molecule has 18 heavy (non-hydrogen) atoms. The number of ether oxygens (including phenoxy) is 1. The number of carboxylic acid groups (broad SMARTS) is 1. The van der Waals surface area contributed by atoms with Crippen molar-refractivity contribution in [3.63, 3.8) is 0 Å². The van der Waals surface area contributed by atoms with Crippen LogP contribution in [0.4, 0.5) is 11.4 Å². The fourth-order valence-electron chi connectivity index (χ4n) is 1.53. The lowest BCUT2D eigenvalue weighted by molar-refractivity contribution is 0.0697. The van der Waals surface area contributed by atoms with Crippen LogP contribution in [0, 0.1) is 0 Å². The number of hydrogen-bond donors (Lipinski definition) is 2. The van der Waals surface area contributed by atoms with E-state index in [0.717, 1.165) is 5.69 Å². The van der Waals surface area contributed by atoms with Crippen LogP contribution in [0.2, 0.25) is 0 Å². The third kappa shape index (κ3) is 2.57. The van der Waals surface area contributed by atoms with Gasteiger partial charge in [-0.05, 0) is 30.3 Å². The van der Waals surface area contributed by atoms with Crippen LogP contribution in [0.1, 0.15) is 10.4 Å². The largest absolute Gasteiger partial charge is 0.497 e. The van der Waals surface area contributed by atoms with Gasteiger partial charge < -0.3 is 15.2 Å². The molecule has 0 saturated heterocycles. The number of aromatic nitrogens is 1. The Morgan fingerprint density at radius 2 is 2.00 bits per heavy atom. The van der Waals surface area contributed by atoms with E-state index in [1.807, 2.05) is 0 Å². The molecule has 92 valence electrons. The van der Waals surface area contributed by atoms with Gasteiger partial charge >= 0.3 is 5.97 Å². The maximum atomic E-state index is 11.2. The lowest BCUT2D eigenvalue weighted by Gasteiger charge is -2.10. The zero-order valence-corrected chi connectivity index (χ0v) is 9.75. The summed E-state index contributed by atoms with van der Waals surface area (Å²) in [5.74, 6) is -0.502. The summed E-state index contributed by atoms with van der Waals surface area (Å²) >= 11 is 0. The molecule has 2 rings (SSSR count). The van der Waals surface area contributed by atoms with Gasteiger partial charge in [0.25, 0.3) is 0 Å². The maximum absolute atomic E-state index is 11.2. The zero-order valence-electron chi connectivity index (χ0n) is 9.75. The molecule has 1 heterocycles. The normalized spacial score (nSPS) is 9.83. The van der Waals surface area contributed by atoms with E-state index in [9.17, 15) is 4.79 Å². The smallest absolute Gasteiger partial charge is 0.337 e. The molecule has 0 aliphatic rings. The second-order valence-electron chi connectivity index (χ2n) is 3.58. The second kappa shape index (κ2) is 5.18. The molecule has 1 aromatic heterocycles. The van der Waals surface area contributed by atoms with Crippen LogP contribution >= 0.6 is 0 Å². The van der Waals surface area contributed by atoms with Crippen molar-refractivity contribution in [3.8, 4) is 5.75 Å². The monoisotopic (exact) mass is 244 g/mol. The van der Waals surface area contributed by atoms with Crippen LogP contribution in [0.15, 0.2) is 42.7 Å². The number of anilines is 2. The van der Waals surface area contributed by atoms with Crippen LogP contribution in [0.25, 0.3) is 0 Å². The summed E-state index contributed by atoms with van der Waals surface area (Å²) in [6, 6.07) is 8.37. The maximum Gasteiger partial charge on any atom is 0.337 e. The highest BCUT2D eigenvalue weighted by molar-refractivity contribution is 5.95. The lowest BCUT2D eigenvalue weighted by Crippen LogP contribution is -2.03.